The molecule has 0 heterocycles. The summed E-state index contributed by atoms with van der Waals surface area (Å²) in [6.45, 7) is 7.56. The van der Waals surface area contributed by atoms with E-state index in [0.717, 1.165) is 21.7 Å². The predicted molar refractivity (Wildman–Crippen MR) is 138 cm³/mol. The van der Waals surface area contributed by atoms with E-state index in [0.29, 0.717) is 6.54 Å². The number of aryl methyl sites for hydroxylation is 1. The van der Waals surface area contributed by atoms with E-state index in [-0.39, 0.29) is 34.1 Å². The molecule has 0 saturated carbocycles. The molecule has 1 N–H and O–H groups in total. The standard InChI is InChI=1S/C24H31Cl2N3O4S/c1-16(2)13-27-24(31)18(4)28(14-19-8-6-7-17(3)11-19)23(30)15-29(34(5,32)33)22-12-20(25)9-10-21(22)26/h6-12,16,18H,13-15H2,1-5H3,(H,27,31)/t18-/m1/s1. The van der Waals surface area contributed by atoms with Gasteiger partial charge in [-0.15, -0.1) is 0 Å². The molecule has 2 amide bonds. The van der Waals surface area contributed by atoms with E-state index in [1.807, 2.05) is 45.0 Å². The molecule has 0 aliphatic heterocycles. The molecule has 7 nitrogen and oxygen atoms in total. The number of halogens is 2. The Kier molecular flexibility index (Phi) is 9.79. The van der Waals surface area contributed by atoms with Gasteiger partial charge in [0.1, 0.15) is 12.6 Å². The number of nitrogens with one attached hydrogen (secondary N) is 1. The SMILES string of the molecule is Cc1cccc(CN(C(=O)CN(c2cc(Cl)ccc2Cl)S(C)(=O)=O)[C@H](C)C(=O)NCC(C)C)c1. The van der Waals surface area contributed by atoms with Crippen LogP contribution in [0.3, 0.4) is 0 Å². The maximum absolute atomic E-state index is 13.5. The Labute approximate surface area is 212 Å². The lowest BCUT2D eigenvalue weighted by atomic mass is 10.1. The van der Waals surface area contributed by atoms with Crippen LogP contribution < -0.4 is 9.62 Å². The van der Waals surface area contributed by atoms with E-state index in [4.69, 9.17) is 23.2 Å². The minimum atomic E-state index is -3.89. The first-order valence-electron chi connectivity index (χ1n) is 10.8. The van der Waals surface area contributed by atoms with Crippen molar-refractivity contribution in [1.82, 2.24) is 10.2 Å². The number of anilines is 1. The third-order valence-electron chi connectivity index (χ3n) is 5.14. The average molecular weight is 529 g/mol. The molecule has 0 unspecified atom stereocenters. The first kappa shape index (κ1) is 28.0. The maximum Gasteiger partial charge on any atom is 0.244 e. The van der Waals surface area contributed by atoms with Gasteiger partial charge in [0.15, 0.2) is 0 Å². The first-order chi connectivity index (χ1) is 15.8. The lowest BCUT2D eigenvalue weighted by molar-refractivity contribution is -0.139. The molecular weight excluding hydrogens is 497 g/mol. The van der Waals surface area contributed by atoms with Gasteiger partial charge < -0.3 is 10.2 Å². The van der Waals surface area contributed by atoms with Crippen molar-refractivity contribution in [3.05, 3.63) is 63.6 Å². The number of carbonyl (C=O) groups excluding carboxylic acids is 2. The highest BCUT2D eigenvalue weighted by Gasteiger charge is 2.31. The van der Waals surface area contributed by atoms with Crippen LogP contribution in [-0.4, -0.2) is 50.5 Å². The minimum absolute atomic E-state index is 0.0948. The number of sulfonamides is 1. The Morgan fingerprint density at radius 2 is 1.74 bits per heavy atom. The topological polar surface area (TPSA) is 86.8 Å². The van der Waals surface area contributed by atoms with Crippen molar-refractivity contribution in [1.29, 1.82) is 0 Å². The van der Waals surface area contributed by atoms with Crippen molar-refractivity contribution in [3.63, 3.8) is 0 Å². The molecule has 2 aromatic carbocycles. The predicted octanol–water partition coefficient (Wildman–Crippen LogP) is 4.26. The number of benzene rings is 2. The summed E-state index contributed by atoms with van der Waals surface area (Å²) in [6, 6.07) is 11.1. The lowest BCUT2D eigenvalue weighted by Crippen LogP contribution is -2.51. The van der Waals surface area contributed by atoms with Crippen LogP contribution in [0, 0.1) is 12.8 Å². The zero-order chi connectivity index (χ0) is 25.6. The highest BCUT2D eigenvalue weighted by Crippen LogP contribution is 2.31. The largest absolute Gasteiger partial charge is 0.354 e. The molecule has 0 aromatic heterocycles. The van der Waals surface area contributed by atoms with Crippen LogP contribution in [0.15, 0.2) is 42.5 Å². The van der Waals surface area contributed by atoms with Crippen LogP contribution >= 0.6 is 23.2 Å². The molecule has 0 bridgehead atoms. The van der Waals surface area contributed by atoms with Crippen molar-refractivity contribution < 1.29 is 18.0 Å². The van der Waals surface area contributed by atoms with Crippen molar-refractivity contribution in [3.8, 4) is 0 Å². The Morgan fingerprint density at radius 1 is 1.06 bits per heavy atom. The average Bonchev–Trinajstić information content (AvgIpc) is 2.74. The second-order valence-corrected chi connectivity index (χ2v) is 11.4. The number of rotatable bonds is 10. The van der Waals surface area contributed by atoms with Crippen LogP contribution in [0.1, 0.15) is 31.9 Å². The fraction of sp³-hybridized carbons (Fsp3) is 0.417. The summed E-state index contributed by atoms with van der Waals surface area (Å²) < 4.78 is 26.1. The van der Waals surface area contributed by atoms with Gasteiger partial charge >= 0.3 is 0 Å². The molecule has 0 aliphatic carbocycles. The van der Waals surface area contributed by atoms with Gasteiger partial charge in [-0.25, -0.2) is 8.42 Å². The van der Waals surface area contributed by atoms with Crippen LogP contribution in [0.25, 0.3) is 0 Å². The molecular formula is C24H31Cl2N3O4S. The van der Waals surface area contributed by atoms with E-state index in [2.05, 4.69) is 5.32 Å². The Balaban J connectivity index is 2.41. The van der Waals surface area contributed by atoms with Gasteiger partial charge in [0.2, 0.25) is 21.8 Å². The second kappa shape index (κ2) is 11.9. The third kappa shape index (κ3) is 7.89. The molecule has 0 aliphatic rings. The molecule has 0 spiro atoms. The molecule has 10 heteroatoms. The van der Waals surface area contributed by atoms with Gasteiger partial charge in [-0.3, -0.25) is 13.9 Å². The van der Waals surface area contributed by atoms with Crippen molar-refractivity contribution in [2.45, 2.75) is 40.3 Å². The van der Waals surface area contributed by atoms with Gasteiger partial charge in [0, 0.05) is 18.1 Å². The quantitative estimate of drug-likeness (QED) is 0.500. The Bertz CT molecular complexity index is 1140. The molecule has 34 heavy (non-hydrogen) atoms. The van der Waals surface area contributed by atoms with Crippen molar-refractivity contribution in [2.24, 2.45) is 5.92 Å². The molecule has 0 fully saturated rings. The number of hydrogen-bond donors (Lipinski definition) is 1. The molecule has 186 valence electrons. The molecule has 0 saturated heterocycles. The van der Waals surface area contributed by atoms with Gasteiger partial charge in [-0.05, 0) is 43.5 Å². The van der Waals surface area contributed by atoms with E-state index in [1.165, 1.54) is 23.1 Å². The molecule has 1 atom stereocenters. The Hall–Kier alpha value is -2.29. The van der Waals surface area contributed by atoms with Crippen molar-refractivity contribution in [2.75, 3.05) is 23.7 Å². The number of carbonyl (C=O) groups is 2. The molecule has 2 rings (SSSR count). The fourth-order valence-electron chi connectivity index (χ4n) is 3.31. The molecule has 2 aromatic rings. The summed E-state index contributed by atoms with van der Waals surface area (Å²) in [4.78, 5) is 27.7. The Morgan fingerprint density at radius 3 is 2.32 bits per heavy atom. The summed E-state index contributed by atoms with van der Waals surface area (Å²) in [6.07, 6.45) is 0.987. The van der Waals surface area contributed by atoms with E-state index < -0.39 is 28.5 Å². The smallest absolute Gasteiger partial charge is 0.244 e. The normalized spacial score (nSPS) is 12.4. The maximum atomic E-state index is 13.5. The minimum Gasteiger partial charge on any atom is -0.354 e. The molecule has 0 radical (unpaired) electrons. The highest BCUT2D eigenvalue weighted by atomic mass is 35.5. The highest BCUT2D eigenvalue weighted by molar-refractivity contribution is 7.92. The summed E-state index contributed by atoms with van der Waals surface area (Å²) in [5.41, 5.74) is 1.92. The monoisotopic (exact) mass is 527 g/mol. The van der Waals surface area contributed by atoms with Gasteiger partial charge in [0.05, 0.1) is 17.0 Å². The summed E-state index contributed by atoms with van der Waals surface area (Å²) >= 11 is 12.3. The van der Waals surface area contributed by atoms with Crippen LogP contribution in [0.2, 0.25) is 10.0 Å². The van der Waals surface area contributed by atoms with Crippen LogP contribution in [0.4, 0.5) is 5.69 Å². The van der Waals surface area contributed by atoms with E-state index >= 15 is 0 Å². The first-order valence-corrected chi connectivity index (χ1v) is 13.5. The van der Waals surface area contributed by atoms with Crippen molar-refractivity contribution >= 4 is 50.7 Å². The summed E-state index contributed by atoms with van der Waals surface area (Å²) in [5, 5.41) is 3.25. The number of amides is 2. The van der Waals surface area contributed by atoms with Crippen LogP contribution in [0.5, 0.6) is 0 Å². The van der Waals surface area contributed by atoms with Gasteiger partial charge in [-0.1, -0.05) is 66.9 Å². The van der Waals surface area contributed by atoms with Gasteiger partial charge in [0.25, 0.3) is 0 Å². The van der Waals surface area contributed by atoms with E-state index in [9.17, 15) is 18.0 Å². The fourth-order valence-corrected chi connectivity index (χ4v) is 4.60. The van der Waals surface area contributed by atoms with Gasteiger partial charge in [-0.2, -0.15) is 0 Å². The summed E-state index contributed by atoms with van der Waals surface area (Å²) in [5.74, 6) is -0.626. The second-order valence-electron chi connectivity index (χ2n) is 8.69. The third-order valence-corrected chi connectivity index (χ3v) is 6.82. The number of nitrogens with zero attached hydrogens (tertiary/aromatic N) is 2. The van der Waals surface area contributed by atoms with Crippen LogP contribution in [-0.2, 0) is 26.2 Å². The lowest BCUT2D eigenvalue weighted by Gasteiger charge is -2.32. The number of hydrogen-bond acceptors (Lipinski definition) is 4. The summed E-state index contributed by atoms with van der Waals surface area (Å²) in [7, 11) is -3.89. The zero-order valence-electron chi connectivity index (χ0n) is 20.0. The zero-order valence-corrected chi connectivity index (χ0v) is 22.3. The van der Waals surface area contributed by atoms with E-state index in [1.54, 1.807) is 6.92 Å².